The molecule has 0 spiro atoms. The van der Waals surface area contributed by atoms with Crippen molar-refractivity contribution in [1.82, 2.24) is 0 Å². The van der Waals surface area contributed by atoms with E-state index in [9.17, 15) is 4.79 Å². The van der Waals surface area contributed by atoms with E-state index < -0.39 is 5.97 Å². The molecular weight excluding hydrogens is 331 g/mol. The van der Waals surface area contributed by atoms with E-state index in [4.69, 9.17) is 39.5 Å². The largest absolute Gasteiger partial charge is 0.424 e. The van der Waals surface area contributed by atoms with E-state index in [1.54, 1.807) is 18.2 Å². The third kappa shape index (κ3) is 2.55. The van der Waals surface area contributed by atoms with Gasteiger partial charge in [0.25, 0.3) is 0 Å². The van der Waals surface area contributed by atoms with E-state index >= 15 is 0 Å². The van der Waals surface area contributed by atoms with Gasteiger partial charge in [-0.2, -0.15) is 0 Å². The molecule has 21 heavy (non-hydrogen) atoms. The van der Waals surface area contributed by atoms with Gasteiger partial charge in [-0.3, -0.25) is 4.79 Å². The van der Waals surface area contributed by atoms with Crippen molar-refractivity contribution in [3.8, 4) is 5.75 Å². The number of esters is 1. The molecule has 3 aromatic rings. The highest BCUT2D eigenvalue weighted by Crippen LogP contribution is 2.40. The van der Waals surface area contributed by atoms with E-state index in [2.05, 4.69) is 0 Å². The van der Waals surface area contributed by atoms with Crippen LogP contribution in [0.1, 0.15) is 0 Å². The first kappa shape index (κ1) is 14.5. The number of alkyl halides is 1. The van der Waals surface area contributed by atoms with Crippen molar-refractivity contribution in [1.29, 1.82) is 0 Å². The van der Waals surface area contributed by atoms with Gasteiger partial charge in [0, 0.05) is 21.2 Å². The zero-order chi connectivity index (χ0) is 15.0. The first-order valence-electron chi connectivity index (χ1n) is 6.18. The summed E-state index contributed by atoms with van der Waals surface area (Å²) in [5.74, 6) is -0.380. The number of fused-ring (bicyclic) bond motifs is 2. The summed E-state index contributed by atoms with van der Waals surface area (Å²) in [6.07, 6.45) is 0. The fourth-order valence-electron chi connectivity index (χ4n) is 2.32. The molecule has 0 aliphatic rings. The van der Waals surface area contributed by atoms with Crippen LogP contribution in [0.25, 0.3) is 21.5 Å². The van der Waals surface area contributed by atoms with E-state index in [0.29, 0.717) is 21.2 Å². The molecule has 106 valence electrons. The molecule has 0 radical (unpaired) electrons. The number of ether oxygens (including phenoxy) is 1. The molecule has 0 aliphatic heterocycles. The molecule has 0 fully saturated rings. The number of carbonyl (C=O) groups is 1. The molecule has 0 atom stereocenters. The minimum absolute atomic E-state index is 0.233. The lowest BCUT2D eigenvalue weighted by atomic mass is 10.0. The highest BCUT2D eigenvalue weighted by atomic mass is 35.5. The summed E-state index contributed by atoms with van der Waals surface area (Å²) >= 11 is 18.1. The molecule has 0 saturated heterocycles. The number of halogens is 3. The number of rotatable bonds is 2. The number of hydrogen-bond donors (Lipinski definition) is 0. The summed E-state index contributed by atoms with van der Waals surface area (Å²) in [5, 5.41) is 4.13. The Bertz CT molecular complexity index is 859. The van der Waals surface area contributed by atoms with E-state index in [1.165, 1.54) is 0 Å². The summed E-state index contributed by atoms with van der Waals surface area (Å²) in [4.78, 5) is 11.6. The Morgan fingerprint density at radius 3 is 2.48 bits per heavy atom. The van der Waals surface area contributed by atoms with Gasteiger partial charge in [0.1, 0.15) is 11.6 Å². The Hall–Kier alpha value is -1.48. The van der Waals surface area contributed by atoms with Gasteiger partial charge in [-0.05, 0) is 23.6 Å². The van der Waals surface area contributed by atoms with Crippen LogP contribution in [0.15, 0.2) is 42.5 Å². The third-order valence-electron chi connectivity index (χ3n) is 3.20. The Labute approximate surface area is 136 Å². The van der Waals surface area contributed by atoms with Crippen LogP contribution in [0.5, 0.6) is 5.75 Å². The Balaban J connectivity index is 2.46. The molecule has 0 unspecified atom stereocenters. The van der Waals surface area contributed by atoms with Crippen molar-refractivity contribution in [2.24, 2.45) is 0 Å². The summed E-state index contributed by atoms with van der Waals surface area (Å²) in [6, 6.07) is 12.8. The topological polar surface area (TPSA) is 26.3 Å². The van der Waals surface area contributed by atoms with Gasteiger partial charge < -0.3 is 4.74 Å². The fourth-order valence-corrected chi connectivity index (χ4v) is 2.87. The SMILES string of the molecule is O=C(CCl)Oc1c2cccc(Cl)c2cc2cccc(Cl)c12. The van der Waals surface area contributed by atoms with Crippen molar-refractivity contribution in [2.45, 2.75) is 0 Å². The molecule has 2 nitrogen and oxygen atoms in total. The molecule has 3 rings (SSSR count). The van der Waals surface area contributed by atoms with Crippen LogP contribution in [0.3, 0.4) is 0 Å². The quantitative estimate of drug-likeness (QED) is 0.269. The lowest BCUT2D eigenvalue weighted by Gasteiger charge is -2.13. The predicted octanol–water partition coefficient (Wildman–Crippen LogP) is 5.44. The van der Waals surface area contributed by atoms with Gasteiger partial charge in [0.05, 0.1) is 5.02 Å². The van der Waals surface area contributed by atoms with Gasteiger partial charge in [-0.1, -0.05) is 47.5 Å². The number of carbonyl (C=O) groups excluding carboxylic acids is 1. The first-order valence-corrected chi connectivity index (χ1v) is 7.47. The molecule has 0 bridgehead atoms. The van der Waals surface area contributed by atoms with Crippen molar-refractivity contribution in [3.05, 3.63) is 52.5 Å². The van der Waals surface area contributed by atoms with Crippen LogP contribution in [0.2, 0.25) is 10.0 Å². The van der Waals surface area contributed by atoms with Crippen molar-refractivity contribution in [3.63, 3.8) is 0 Å². The highest BCUT2D eigenvalue weighted by Gasteiger charge is 2.16. The van der Waals surface area contributed by atoms with E-state index in [1.807, 2.05) is 24.3 Å². The third-order valence-corrected chi connectivity index (χ3v) is 4.06. The predicted molar refractivity (Wildman–Crippen MR) is 87.8 cm³/mol. The second-order valence-electron chi connectivity index (χ2n) is 4.49. The maximum Gasteiger partial charge on any atom is 0.326 e. The molecule has 5 heteroatoms. The molecule has 0 aromatic heterocycles. The monoisotopic (exact) mass is 338 g/mol. The van der Waals surface area contributed by atoms with Crippen LogP contribution in [-0.4, -0.2) is 11.8 Å². The van der Waals surface area contributed by atoms with E-state index in [-0.39, 0.29) is 5.88 Å². The zero-order valence-corrected chi connectivity index (χ0v) is 13.0. The average Bonchev–Trinajstić information content (AvgIpc) is 2.48. The van der Waals surface area contributed by atoms with Crippen molar-refractivity contribution in [2.75, 3.05) is 5.88 Å². The smallest absolute Gasteiger partial charge is 0.326 e. The zero-order valence-electron chi connectivity index (χ0n) is 10.7. The van der Waals surface area contributed by atoms with E-state index in [0.717, 1.165) is 16.2 Å². The lowest BCUT2D eigenvalue weighted by molar-refractivity contribution is -0.131. The van der Waals surface area contributed by atoms with Crippen LogP contribution in [0, 0.1) is 0 Å². The maximum atomic E-state index is 11.6. The molecular formula is C16H9Cl3O2. The van der Waals surface area contributed by atoms with Gasteiger partial charge in [0.15, 0.2) is 0 Å². The van der Waals surface area contributed by atoms with Crippen LogP contribution in [-0.2, 0) is 4.79 Å². The molecule has 3 aromatic carbocycles. The second-order valence-corrected chi connectivity index (χ2v) is 5.57. The number of benzene rings is 3. The molecule has 0 heterocycles. The van der Waals surface area contributed by atoms with Gasteiger partial charge in [-0.15, -0.1) is 11.6 Å². The molecule has 0 aliphatic carbocycles. The fraction of sp³-hybridized carbons (Fsp3) is 0.0625. The summed E-state index contributed by atoms with van der Waals surface area (Å²) in [5.41, 5.74) is 0. The normalized spacial score (nSPS) is 11.0. The molecule has 0 amide bonds. The van der Waals surface area contributed by atoms with Crippen molar-refractivity contribution < 1.29 is 9.53 Å². The molecule has 0 N–H and O–H groups in total. The summed E-state index contributed by atoms with van der Waals surface area (Å²) in [6.45, 7) is 0. The minimum atomic E-state index is -0.537. The maximum absolute atomic E-state index is 11.6. The molecule has 0 saturated carbocycles. The lowest BCUT2D eigenvalue weighted by Crippen LogP contribution is -2.09. The summed E-state index contributed by atoms with van der Waals surface area (Å²) < 4.78 is 5.41. The first-order chi connectivity index (χ1) is 10.1. The second kappa shape index (κ2) is 5.72. The Morgan fingerprint density at radius 2 is 1.71 bits per heavy atom. The highest BCUT2D eigenvalue weighted by molar-refractivity contribution is 6.39. The van der Waals surface area contributed by atoms with Gasteiger partial charge >= 0.3 is 5.97 Å². The Morgan fingerprint density at radius 1 is 1.00 bits per heavy atom. The van der Waals surface area contributed by atoms with Gasteiger partial charge in [-0.25, -0.2) is 0 Å². The Kier molecular flexibility index (Phi) is 3.94. The summed E-state index contributed by atoms with van der Waals surface area (Å²) in [7, 11) is 0. The van der Waals surface area contributed by atoms with Gasteiger partial charge in [0.2, 0.25) is 0 Å². The number of hydrogen-bond acceptors (Lipinski definition) is 2. The minimum Gasteiger partial charge on any atom is -0.424 e. The van der Waals surface area contributed by atoms with Crippen LogP contribution >= 0.6 is 34.8 Å². The standard InChI is InChI=1S/C16H9Cl3O2/c17-8-14(20)21-16-10-4-2-5-12(18)11(10)7-9-3-1-6-13(19)15(9)16/h1-7H,8H2. The van der Waals surface area contributed by atoms with Crippen molar-refractivity contribution >= 4 is 62.3 Å². The van der Waals surface area contributed by atoms with Crippen LogP contribution in [0.4, 0.5) is 0 Å². The van der Waals surface area contributed by atoms with Crippen LogP contribution < -0.4 is 4.74 Å². The average molecular weight is 340 g/mol.